The Labute approximate surface area is 180 Å². The van der Waals surface area contributed by atoms with E-state index in [4.69, 9.17) is 0 Å². The maximum atomic E-state index is 13.9. The number of carbonyl (C=O) groups excluding carboxylic acids is 1. The zero-order valence-electron chi connectivity index (χ0n) is 16.8. The van der Waals surface area contributed by atoms with Gasteiger partial charge in [0.2, 0.25) is 0 Å². The number of pyridine rings is 1. The number of nitrogens with one attached hydrogen (secondary N) is 1. The lowest BCUT2D eigenvalue weighted by Crippen LogP contribution is -2.47. The largest absolute Gasteiger partial charge is 0.367 e. The Morgan fingerprint density at radius 2 is 1.93 bits per heavy atom. The molecule has 0 radical (unpaired) electrons. The van der Waals surface area contributed by atoms with Gasteiger partial charge >= 0.3 is 0 Å². The van der Waals surface area contributed by atoms with Crippen molar-refractivity contribution in [1.82, 2.24) is 15.2 Å². The van der Waals surface area contributed by atoms with Crippen LogP contribution in [0.1, 0.15) is 16.8 Å². The number of carbonyl (C=O) groups is 1. The van der Waals surface area contributed by atoms with E-state index < -0.39 is 0 Å². The molecule has 5 nitrogen and oxygen atoms in total. The monoisotopic (exact) mass is 424 g/mol. The third-order valence-electron chi connectivity index (χ3n) is 5.30. The molecule has 1 amide bonds. The highest BCUT2D eigenvalue weighted by Crippen LogP contribution is 2.23. The van der Waals surface area contributed by atoms with Crippen LogP contribution in [-0.4, -0.2) is 55.1 Å². The van der Waals surface area contributed by atoms with Crippen LogP contribution in [0, 0.1) is 5.82 Å². The number of hydrogen-bond acceptors (Lipinski definition) is 5. The summed E-state index contributed by atoms with van der Waals surface area (Å²) in [5, 5.41) is 5.00. The van der Waals surface area contributed by atoms with E-state index in [0.29, 0.717) is 17.8 Å². The number of anilines is 1. The highest BCUT2D eigenvalue weighted by atomic mass is 32.1. The SMILES string of the molecule is O=C(NCCCN1CCN(c2ccccc2F)CC1)c1ccnc(-c2cccs2)c1. The predicted octanol–water partition coefficient (Wildman–Crippen LogP) is 3.89. The zero-order chi connectivity index (χ0) is 20.8. The van der Waals surface area contributed by atoms with Gasteiger partial charge in [-0.2, -0.15) is 0 Å². The van der Waals surface area contributed by atoms with Gasteiger partial charge in [0.25, 0.3) is 5.91 Å². The predicted molar refractivity (Wildman–Crippen MR) is 120 cm³/mol. The first kappa shape index (κ1) is 20.5. The molecule has 3 heterocycles. The number of nitrogens with zero attached hydrogens (tertiary/aromatic N) is 3. The summed E-state index contributed by atoms with van der Waals surface area (Å²) in [6, 6.07) is 14.5. The fourth-order valence-electron chi connectivity index (χ4n) is 3.66. The van der Waals surface area contributed by atoms with E-state index in [9.17, 15) is 9.18 Å². The quantitative estimate of drug-likeness (QED) is 0.585. The summed E-state index contributed by atoms with van der Waals surface area (Å²) in [5.41, 5.74) is 2.14. The van der Waals surface area contributed by atoms with Gasteiger partial charge in [-0.05, 0) is 48.7 Å². The number of amides is 1. The van der Waals surface area contributed by atoms with E-state index in [1.54, 1.807) is 29.7 Å². The molecule has 156 valence electrons. The van der Waals surface area contributed by atoms with Crippen molar-refractivity contribution in [3.8, 4) is 10.6 Å². The van der Waals surface area contributed by atoms with Crippen LogP contribution >= 0.6 is 11.3 Å². The third-order valence-corrected chi connectivity index (χ3v) is 6.19. The Balaban J connectivity index is 1.19. The average Bonchev–Trinajstić information content (AvgIpc) is 3.33. The smallest absolute Gasteiger partial charge is 0.251 e. The molecule has 0 spiro atoms. The van der Waals surface area contributed by atoms with Crippen LogP contribution in [0.4, 0.5) is 10.1 Å². The number of para-hydroxylation sites is 1. The summed E-state index contributed by atoms with van der Waals surface area (Å²) in [6.45, 7) is 4.98. The fourth-order valence-corrected chi connectivity index (χ4v) is 4.35. The van der Waals surface area contributed by atoms with Gasteiger partial charge in [0.15, 0.2) is 0 Å². The van der Waals surface area contributed by atoms with Crippen molar-refractivity contribution >= 4 is 22.9 Å². The van der Waals surface area contributed by atoms with E-state index in [2.05, 4.69) is 20.1 Å². The van der Waals surface area contributed by atoms with Crippen LogP contribution in [0.2, 0.25) is 0 Å². The normalized spacial score (nSPS) is 14.6. The maximum absolute atomic E-state index is 13.9. The van der Waals surface area contributed by atoms with Crippen LogP contribution in [-0.2, 0) is 0 Å². The molecule has 1 aliphatic rings. The summed E-state index contributed by atoms with van der Waals surface area (Å²) < 4.78 is 13.9. The van der Waals surface area contributed by atoms with Gasteiger partial charge in [-0.1, -0.05) is 18.2 Å². The van der Waals surface area contributed by atoms with Crippen LogP contribution in [0.3, 0.4) is 0 Å². The minimum atomic E-state index is -0.160. The van der Waals surface area contributed by atoms with Gasteiger partial charge in [0, 0.05) is 44.5 Å². The highest BCUT2D eigenvalue weighted by Gasteiger charge is 2.19. The Kier molecular flexibility index (Phi) is 6.71. The number of benzene rings is 1. The van der Waals surface area contributed by atoms with Crippen molar-refractivity contribution in [3.05, 3.63) is 71.5 Å². The molecule has 4 rings (SSSR count). The molecule has 0 aliphatic carbocycles. The number of thiophene rings is 1. The summed E-state index contributed by atoms with van der Waals surface area (Å²) in [6.07, 6.45) is 2.56. The van der Waals surface area contributed by atoms with Gasteiger partial charge in [-0.25, -0.2) is 4.39 Å². The molecule has 0 bridgehead atoms. The second-order valence-corrected chi connectivity index (χ2v) is 8.24. The summed E-state index contributed by atoms with van der Waals surface area (Å²) in [4.78, 5) is 22.3. The standard InChI is InChI=1S/C23H25FN4OS/c24-19-5-1-2-6-21(19)28-14-12-27(13-15-28)11-4-9-26-23(29)18-8-10-25-20(17-18)22-7-3-16-30-22/h1-3,5-8,10,16-17H,4,9,11-15H2,(H,26,29). The molecule has 30 heavy (non-hydrogen) atoms. The van der Waals surface area contributed by atoms with Crippen molar-refractivity contribution in [1.29, 1.82) is 0 Å². The molecule has 0 unspecified atom stereocenters. The fraction of sp³-hybridized carbons (Fsp3) is 0.304. The van der Waals surface area contributed by atoms with Gasteiger partial charge in [-0.15, -0.1) is 11.3 Å². The minimum absolute atomic E-state index is 0.0698. The molecule has 1 N–H and O–H groups in total. The number of rotatable bonds is 7. The number of halogens is 1. The molecule has 7 heteroatoms. The maximum Gasteiger partial charge on any atom is 0.251 e. The Morgan fingerprint density at radius 3 is 2.70 bits per heavy atom. The van der Waals surface area contributed by atoms with Crippen LogP contribution < -0.4 is 10.2 Å². The lowest BCUT2D eigenvalue weighted by molar-refractivity contribution is 0.0951. The molecular formula is C23H25FN4OS. The first-order chi connectivity index (χ1) is 14.7. The molecule has 1 fully saturated rings. The molecule has 1 aliphatic heterocycles. The Bertz CT molecular complexity index is 971. The van der Waals surface area contributed by atoms with Gasteiger partial charge < -0.3 is 10.2 Å². The minimum Gasteiger partial charge on any atom is -0.367 e. The first-order valence-electron chi connectivity index (χ1n) is 10.2. The van der Waals surface area contributed by atoms with Gasteiger partial charge in [-0.3, -0.25) is 14.7 Å². The molecule has 1 aromatic carbocycles. The number of aromatic nitrogens is 1. The van der Waals surface area contributed by atoms with E-state index in [0.717, 1.165) is 49.7 Å². The highest BCUT2D eigenvalue weighted by molar-refractivity contribution is 7.13. The topological polar surface area (TPSA) is 48.5 Å². The molecule has 2 aromatic heterocycles. The molecule has 0 saturated carbocycles. The van der Waals surface area contributed by atoms with E-state index in [1.807, 2.05) is 35.7 Å². The average molecular weight is 425 g/mol. The Morgan fingerprint density at radius 1 is 1.10 bits per heavy atom. The van der Waals surface area contributed by atoms with Gasteiger partial charge in [0.05, 0.1) is 16.3 Å². The van der Waals surface area contributed by atoms with E-state index in [-0.39, 0.29) is 11.7 Å². The van der Waals surface area contributed by atoms with Crippen LogP contribution in [0.15, 0.2) is 60.1 Å². The van der Waals surface area contributed by atoms with Crippen molar-refractivity contribution in [3.63, 3.8) is 0 Å². The van der Waals surface area contributed by atoms with E-state index >= 15 is 0 Å². The van der Waals surface area contributed by atoms with Crippen molar-refractivity contribution in [2.24, 2.45) is 0 Å². The second kappa shape index (κ2) is 9.82. The van der Waals surface area contributed by atoms with Crippen LogP contribution in [0.25, 0.3) is 10.6 Å². The summed E-state index contributed by atoms with van der Waals surface area (Å²) in [5.74, 6) is -0.230. The van der Waals surface area contributed by atoms with E-state index in [1.165, 1.54) is 6.07 Å². The second-order valence-electron chi connectivity index (χ2n) is 7.30. The number of piperazine rings is 1. The third kappa shape index (κ3) is 5.04. The molecule has 1 saturated heterocycles. The lowest BCUT2D eigenvalue weighted by Gasteiger charge is -2.36. The summed E-state index contributed by atoms with van der Waals surface area (Å²) >= 11 is 1.61. The molecule has 0 atom stereocenters. The zero-order valence-corrected chi connectivity index (χ0v) is 17.6. The summed E-state index contributed by atoms with van der Waals surface area (Å²) in [7, 11) is 0. The lowest BCUT2D eigenvalue weighted by atomic mass is 10.2. The van der Waals surface area contributed by atoms with Gasteiger partial charge in [0.1, 0.15) is 5.82 Å². The Hall–Kier alpha value is -2.77. The number of hydrogen-bond donors (Lipinski definition) is 1. The van der Waals surface area contributed by atoms with Crippen molar-refractivity contribution < 1.29 is 9.18 Å². The first-order valence-corrected chi connectivity index (χ1v) is 11.1. The van der Waals surface area contributed by atoms with Crippen LogP contribution in [0.5, 0.6) is 0 Å². The molecule has 3 aromatic rings. The van der Waals surface area contributed by atoms with Crippen molar-refractivity contribution in [2.75, 3.05) is 44.2 Å². The molecular weight excluding hydrogens is 399 g/mol. The van der Waals surface area contributed by atoms with Crippen molar-refractivity contribution in [2.45, 2.75) is 6.42 Å².